The van der Waals surface area contributed by atoms with E-state index in [2.05, 4.69) is 16.3 Å². The Labute approximate surface area is 46.4 Å². The van der Waals surface area contributed by atoms with Gasteiger partial charge in [0.1, 0.15) is 0 Å². The van der Waals surface area contributed by atoms with E-state index in [0.717, 1.165) is 0 Å². The summed E-state index contributed by atoms with van der Waals surface area (Å²) in [6.45, 7) is 1.60. The van der Waals surface area contributed by atoms with Crippen LogP contribution in [0.3, 0.4) is 0 Å². The van der Waals surface area contributed by atoms with Crippen LogP contribution < -0.4 is 0 Å². The monoisotopic (exact) mass is 111 g/mol. The van der Waals surface area contributed by atoms with Crippen LogP contribution in [-0.4, -0.2) is 9.97 Å². The Kier molecular flexibility index (Phi) is 1.20. The summed E-state index contributed by atoms with van der Waals surface area (Å²) in [5, 5.41) is 0. The maximum Gasteiger partial charge on any atom is 0.219 e. The lowest BCUT2D eigenvalue weighted by molar-refractivity contribution is 0.568. The van der Waals surface area contributed by atoms with Crippen molar-refractivity contribution >= 4 is 0 Å². The van der Waals surface area contributed by atoms with Gasteiger partial charge in [-0.15, -0.1) is 0 Å². The minimum Gasteiger partial charge on any atom is -0.233 e. The zero-order valence-electron chi connectivity index (χ0n) is 4.35. The van der Waals surface area contributed by atoms with Crippen LogP contribution in [0.15, 0.2) is 6.20 Å². The quantitative estimate of drug-likeness (QED) is 0.461. The van der Waals surface area contributed by atoms with Gasteiger partial charge < -0.3 is 0 Å². The van der Waals surface area contributed by atoms with Gasteiger partial charge in [0.2, 0.25) is 5.95 Å². The van der Waals surface area contributed by atoms with Crippen molar-refractivity contribution in [3.8, 4) is 0 Å². The lowest BCUT2D eigenvalue weighted by Crippen LogP contribution is -1.87. The molecule has 1 radical (unpaired) electrons. The molecule has 1 aromatic heterocycles. The molecule has 0 unspecified atom stereocenters. The number of aryl methyl sites for hydroxylation is 1. The standard InChI is InChI=1S/C5H4FN2/c1-4-2-7-3-8-5(4)6/h2H,1H3. The first-order valence-electron chi connectivity index (χ1n) is 2.16. The van der Waals surface area contributed by atoms with Crippen molar-refractivity contribution in [2.45, 2.75) is 6.92 Å². The molecule has 0 aliphatic rings. The van der Waals surface area contributed by atoms with Crippen molar-refractivity contribution in [3.05, 3.63) is 24.0 Å². The highest BCUT2D eigenvalue weighted by atomic mass is 19.1. The Bertz CT molecular complexity index is 167. The highest BCUT2D eigenvalue weighted by molar-refractivity contribution is 5.00. The Morgan fingerprint density at radius 3 is 2.88 bits per heavy atom. The van der Waals surface area contributed by atoms with Gasteiger partial charge in [-0.25, -0.2) is 4.98 Å². The summed E-state index contributed by atoms with van der Waals surface area (Å²) < 4.78 is 12.1. The van der Waals surface area contributed by atoms with Crippen LogP contribution in [0.2, 0.25) is 0 Å². The predicted octanol–water partition coefficient (Wildman–Crippen LogP) is 0.724. The Hall–Kier alpha value is -0.990. The fourth-order valence-corrected chi connectivity index (χ4v) is 0.340. The molecule has 0 aliphatic carbocycles. The first-order chi connectivity index (χ1) is 3.80. The van der Waals surface area contributed by atoms with Gasteiger partial charge in [0.25, 0.3) is 0 Å². The molecule has 0 aliphatic heterocycles. The van der Waals surface area contributed by atoms with Gasteiger partial charge in [0, 0.05) is 11.8 Å². The minimum atomic E-state index is -0.500. The molecular formula is C5H4FN2. The van der Waals surface area contributed by atoms with Crippen LogP contribution in [0.25, 0.3) is 0 Å². The largest absolute Gasteiger partial charge is 0.233 e. The van der Waals surface area contributed by atoms with Crippen LogP contribution in [0.1, 0.15) is 5.56 Å². The molecule has 2 nitrogen and oxygen atoms in total. The van der Waals surface area contributed by atoms with E-state index < -0.39 is 5.95 Å². The first-order valence-corrected chi connectivity index (χ1v) is 2.16. The van der Waals surface area contributed by atoms with Crippen LogP contribution in [0.4, 0.5) is 4.39 Å². The van der Waals surface area contributed by atoms with Crippen molar-refractivity contribution in [3.63, 3.8) is 0 Å². The van der Waals surface area contributed by atoms with Crippen molar-refractivity contribution in [1.29, 1.82) is 0 Å². The van der Waals surface area contributed by atoms with Crippen LogP contribution >= 0.6 is 0 Å². The number of rotatable bonds is 0. The molecule has 0 saturated heterocycles. The topological polar surface area (TPSA) is 25.8 Å². The van der Waals surface area contributed by atoms with E-state index in [1.54, 1.807) is 6.92 Å². The molecule has 0 amide bonds. The summed E-state index contributed by atoms with van der Waals surface area (Å²) in [5.74, 6) is -0.500. The van der Waals surface area contributed by atoms with E-state index in [1.165, 1.54) is 6.20 Å². The SMILES string of the molecule is Cc1cn[c]nc1F. The van der Waals surface area contributed by atoms with Crippen LogP contribution in [0, 0.1) is 19.2 Å². The van der Waals surface area contributed by atoms with Gasteiger partial charge in [0.05, 0.1) is 0 Å². The van der Waals surface area contributed by atoms with Gasteiger partial charge in [0.15, 0.2) is 6.33 Å². The Balaban J connectivity index is 3.13. The van der Waals surface area contributed by atoms with E-state index in [9.17, 15) is 4.39 Å². The second-order valence-electron chi connectivity index (χ2n) is 1.44. The second kappa shape index (κ2) is 1.86. The summed E-state index contributed by atoms with van der Waals surface area (Å²) >= 11 is 0. The molecule has 1 rings (SSSR count). The van der Waals surface area contributed by atoms with Gasteiger partial charge >= 0.3 is 0 Å². The maximum atomic E-state index is 12.1. The lowest BCUT2D eigenvalue weighted by Gasteiger charge is -1.86. The molecule has 0 atom stereocenters. The number of halogens is 1. The van der Waals surface area contributed by atoms with E-state index in [-0.39, 0.29) is 0 Å². The molecule has 1 heterocycles. The van der Waals surface area contributed by atoms with Crippen molar-refractivity contribution in [2.24, 2.45) is 0 Å². The summed E-state index contributed by atoms with van der Waals surface area (Å²) in [5.41, 5.74) is 0.448. The third-order valence-electron chi connectivity index (χ3n) is 0.789. The zero-order valence-corrected chi connectivity index (χ0v) is 4.35. The summed E-state index contributed by atoms with van der Waals surface area (Å²) in [6.07, 6.45) is 3.50. The average molecular weight is 111 g/mol. The van der Waals surface area contributed by atoms with Crippen molar-refractivity contribution in [1.82, 2.24) is 9.97 Å². The van der Waals surface area contributed by atoms with E-state index in [4.69, 9.17) is 0 Å². The Morgan fingerprint density at radius 1 is 1.75 bits per heavy atom. The van der Waals surface area contributed by atoms with Crippen molar-refractivity contribution in [2.75, 3.05) is 0 Å². The number of nitrogens with zero attached hydrogens (tertiary/aromatic N) is 2. The molecule has 0 spiro atoms. The summed E-state index contributed by atoms with van der Waals surface area (Å²) in [7, 11) is 0. The molecule has 0 bridgehead atoms. The van der Waals surface area contributed by atoms with Gasteiger partial charge in [-0.2, -0.15) is 9.37 Å². The smallest absolute Gasteiger partial charge is 0.219 e. The molecule has 8 heavy (non-hydrogen) atoms. The van der Waals surface area contributed by atoms with Crippen LogP contribution in [0.5, 0.6) is 0 Å². The van der Waals surface area contributed by atoms with Gasteiger partial charge in [-0.3, -0.25) is 0 Å². The summed E-state index contributed by atoms with van der Waals surface area (Å²) in [6, 6.07) is 0. The minimum absolute atomic E-state index is 0.448. The fraction of sp³-hybridized carbons (Fsp3) is 0.200. The highest BCUT2D eigenvalue weighted by Gasteiger charge is 1.92. The predicted molar refractivity (Wildman–Crippen MR) is 25.6 cm³/mol. The number of aromatic nitrogens is 2. The first kappa shape index (κ1) is 5.15. The molecule has 41 valence electrons. The third kappa shape index (κ3) is 0.804. The third-order valence-corrected chi connectivity index (χ3v) is 0.789. The van der Waals surface area contributed by atoms with Gasteiger partial charge in [-0.1, -0.05) is 0 Å². The molecule has 1 aromatic rings. The van der Waals surface area contributed by atoms with E-state index in [1.807, 2.05) is 0 Å². The molecule has 0 N–H and O–H groups in total. The zero-order chi connectivity index (χ0) is 5.98. The van der Waals surface area contributed by atoms with Gasteiger partial charge in [-0.05, 0) is 6.92 Å². The fourth-order valence-electron chi connectivity index (χ4n) is 0.340. The molecule has 0 aromatic carbocycles. The molecule has 0 fully saturated rings. The Morgan fingerprint density at radius 2 is 2.50 bits per heavy atom. The van der Waals surface area contributed by atoms with Crippen molar-refractivity contribution < 1.29 is 4.39 Å². The maximum absolute atomic E-state index is 12.1. The normalized spacial score (nSPS) is 9.25. The highest BCUT2D eigenvalue weighted by Crippen LogP contribution is 1.95. The van der Waals surface area contributed by atoms with E-state index in [0.29, 0.717) is 5.56 Å². The molecule has 3 heteroatoms. The average Bonchev–Trinajstić information content (AvgIpc) is 1.77. The summed E-state index contributed by atoms with van der Waals surface area (Å²) in [4.78, 5) is 6.64. The van der Waals surface area contributed by atoms with Crippen LogP contribution in [-0.2, 0) is 0 Å². The van der Waals surface area contributed by atoms with E-state index >= 15 is 0 Å². The number of hydrogen-bond acceptors (Lipinski definition) is 2. The number of hydrogen-bond donors (Lipinski definition) is 0. The second-order valence-corrected chi connectivity index (χ2v) is 1.44. The lowest BCUT2D eigenvalue weighted by atomic mass is 10.4. The molecular weight excluding hydrogens is 107 g/mol. The molecule has 0 saturated carbocycles.